The highest BCUT2D eigenvalue weighted by Gasteiger charge is 2.34. The van der Waals surface area contributed by atoms with E-state index < -0.39 is 5.54 Å². The van der Waals surface area contributed by atoms with Crippen molar-refractivity contribution in [3.8, 4) is 0 Å². The molecule has 0 bridgehead atoms. The van der Waals surface area contributed by atoms with Gasteiger partial charge in [-0.3, -0.25) is 9.69 Å². The predicted octanol–water partition coefficient (Wildman–Crippen LogP) is -0.274. The van der Waals surface area contributed by atoms with Gasteiger partial charge in [0.25, 0.3) is 0 Å². The molecular weight excluding hydrogens is 256 g/mol. The van der Waals surface area contributed by atoms with Crippen LogP contribution in [0.2, 0.25) is 0 Å². The first-order valence-electron chi connectivity index (χ1n) is 7.12. The highest BCUT2D eigenvalue weighted by Crippen LogP contribution is 2.20. The zero-order chi connectivity index (χ0) is 14.8. The number of nitrogens with zero attached hydrogens (tertiary/aromatic N) is 4. The molecule has 2 atom stereocenters. The number of amides is 1. The first-order valence-corrected chi connectivity index (χ1v) is 7.12. The normalized spacial score (nSPS) is 20.1. The second-order valence-corrected chi connectivity index (χ2v) is 5.69. The molecule has 3 N–H and O–H groups in total. The minimum absolute atomic E-state index is 0.247. The molecule has 1 aromatic heterocycles. The van der Waals surface area contributed by atoms with Crippen molar-refractivity contribution in [1.29, 1.82) is 0 Å². The smallest absolute Gasteiger partial charge is 0.237 e. The van der Waals surface area contributed by atoms with Crippen LogP contribution in [0.4, 0.5) is 0 Å². The maximum Gasteiger partial charge on any atom is 0.237 e. The molecule has 20 heavy (non-hydrogen) atoms. The summed E-state index contributed by atoms with van der Waals surface area (Å²) >= 11 is 0. The molecule has 0 saturated carbocycles. The highest BCUT2D eigenvalue weighted by atomic mass is 16.1. The van der Waals surface area contributed by atoms with Crippen LogP contribution in [-0.4, -0.2) is 50.2 Å². The maximum atomic E-state index is 11.7. The zero-order valence-corrected chi connectivity index (χ0v) is 12.5. The quantitative estimate of drug-likeness (QED) is 0.748. The third kappa shape index (κ3) is 2.99. The van der Waals surface area contributed by atoms with Crippen LogP contribution in [0.3, 0.4) is 0 Å². The van der Waals surface area contributed by atoms with Crippen LogP contribution in [0.1, 0.15) is 33.0 Å². The van der Waals surface area contributed by atoms with Gasteiger partial charge in [0.05, 0.1) is 12.1 Å². The van der Waals surface area contributed by atoms with Crippen LogP contribution >= 0.6 is 0 Å². The molecule has 0 aliphatic carbocycles. The first-order chi connectivity index (χ1) is 9.46. The largest absolute Gasteiger partial charge is 0.368 e. The second kappa shape index (κ2) is 5.88. The number of hydrogen-bond donors (Lipinski definition) is 2. The number of fused-ring (bicyclic) bond motifs is 1. The van der Waals surface area contributed by atoms with Gasteiger partial charge in [-0.15, -0.1) is 10.2 Å². The molecule has 0 spiro atoms. The number of carbonyl (C=O) groups excluding carboxylic acids is 1. The summed E-state index contributed by atoms with van der Waals surface area (Å²) in [6, 6.07) is 0.247. The van der Waals surface area contributed by atoms with E-state index in [1.807, 2.05) is 13.8 Å². The van der Waals surface area contributed by atoms with E-state index >= 15 is 0 Å². The minimum atomic E-state index is -0.667. The number of nitrogens with one attached hydrogen (secondary N) is 1. The summed E-state index contributed by atoms with van der Waals surface area (Å²) in [6.45, 7) is 9.30. The molecule has 1 aliphatic rings. The fraction of sp³-hybridized carbons (Fsp3) is 0.769. The highest BCUT2D eigenvalue weighted by molar-refractivity contribution is 5.84. The van der Waals surface area contributed by atoms with Gasteiger partial charge in [0.2, 0.25) is 5.91 Å². The molecule has 0 radical (unpaired) electrons. The predicted molar refractivity (Wildman–Crippen MR) is 75.8 cm³/mol. The summed E-state index contributed by atoms with van der Waals surface area (Å²) in [6.07, 6.45) is 2.45. The molecule has 7 heteroatoms. The van der Waals surface area contributed by atoms with Gasteiger partial charge in [0.15, 0.2) is 0 Å². The molecule has 2 rings (SSSR count). The van der Waals surface area contributed by atoms with Crippen LogP contribution in [0.25, 0.3) is 0 Å². The monoisotopic (exact) mass is 280 g/mol. The average Bonchev–Trinajstić information content (AvgIpc) is 2.85. The van der Waals surface area contributed by atoms with E-state index in [4.69, 9.17) is 5.73 Å². The number of carbonyl (C=O) groups is 1. The molecule has 1 aromatic rings. The Morgan fingerprint density at radius 1 is 1.60 bits per heavy atom. The van der Waals surface area contributed by atoms with Gasteiger partial charge >= 0.3 is 0 Å². The fourth-order valence-electron chi connectivity index (χ4n) is 2.83. The summed E-state index contributed by atoms with van der Waals surface area (Å²) in [5.41, 5.74) is 4.88. The number of nitrogens with two attached hydrogens (primary N) is 1. The Balaban J connectivity index is 2.01. The number of likely N-dealkylation sites (N-methyl/N-ethyl adjacent to an activating group) is 1. The Hall–Kier alpha value is -1.47. The topological polar surface area (TPSA) is 89.1 Å². The van der Waals surface area contributed by atoms with Crippen molar-refractivity contribution in [1.82, 2.24) is 25.0 Å². The summed E-state index contributed by atoms with van der Waals surface area (Å²) in [4.78, 5) is 14.0. The lowest BCUT2D eigenvalue weighted by molar-refractivity contribution is -0.124. The van der Waals surface area contributed by atoms with Gasteiger partial charge < -0.3 is 15.6 Å². The van der Waals surface area contributed by atoms with Crippen LogP contribution in [0.5, 0.6) is 0 Å². The molecule has 112 valence electrons. The fourth-order valence-corrected chi connectivity index (χ4v) is 2.83. The lowest BCUT2D eigenvalue weighted by Gasteiger charge is -2.37. The summed E-state index contributed by atoms with van der Waals surface area (Å²) < 4.78 is 2.07. The summed E-state index contributed by atoms with van der Waals surface area (Å²) in [5.74, 6) is 0.679. The minimum Gasteiger partial charge on any atom is -0.368 e. The Morgan fingerprint density at radius 3 is 3.00 bits per heavy atom. The standard InChI is InChI=1S/C13H24N6O/c1-4-15-13(3,12(14)20)7-10(2)18-5-6-19-9-16-17-11(19)8-18/h9-10,15H,4-8H2,1-3H3,(H2,14,20). The van der Waals surface area contributed by atoms with Crippen molar-refractivity contribution in [2.24, 2.45) is 5.73 Å². The first kappa shape index (κ1) is 14.9. The number of primary amides is 1. The van der Waals surface area contributed by atoms with Crippen LogP contribution in [0.15, 0.2) is 6.33 Å². The summed E-state index contributed by atoms with van der Waals surface area (Å²) in [7, 11) is 0. The van der Waals surface area contributed by atoms with Crippen molar-refractivity contribution in [2.75, 3.05) is 13.1 Å². The molecule has 2 heterocycles. The van der Waals surface area contributed by atoms with Gasteiger partial charge in [-0.25, -0.2) is 0 Å². The third-order valence-electron chi connectivity index (χ3n) is 4.11. The molecule has 7 nitrogen and oxygen atoms in total. The Kier molecular flexibility index (Phi) is 4.39. The number of aromatic nitrogens is 3. The van der Waals surface area contributed by atoms with E-state index in [2.05, 4.69) is 31.9 Å². The second-order valence-electron chi connectivity index (χ2n) is 5.69. The molecule has 2 unspecified atom stereocenters. The lowest BCUT2D eigenvalue weighted by Crippen LogP contribution is -2.56. The number of rotatable bonds is 6. The van der Waals surface area contributed by atoms with Crippen molar-refractivity contribution in [2.45, 2.75) is 51.9 Å². The van der Waals surface area contributed by atoms with Gasteiger partial charge in [0.1, 0.15) is 12.2 Å². The molecule has 0 fully saturated rings. The van der Waals surface area contributed by atoms with E-state index in [9.17, 15) is 4.79 Å². The molecule has 0 saturated heterocycles. The molecular formula is C13H24N6O. The van der Waals surface area contributed by atoms with Crippen molar-refractivity contribution in [3.05, 3.63) is 12.2 Å². The average molecular weight is 280 g/mol. The van der Waals surface area contributed by atoms with Crippen LogP contribution in [-0.2, 0) is 17.9 Å². The Bertz CT molecular complexity index is 473. The van der Waals surface area contributed by atoms with E-state index in [1.54, 1.807) is 6.33 Å². The Labute approximate surface area is 119 Å². The van der Waals surface area contributed by atoms with Crippen molar-refractivity contribution < 1.29 is 4.79 Å². The molecule has 0 aromatic carbocycles. The van der Waals surface area contributed by atoms with E-state index in [-0.39, 0.29) is 11.9 Å². The molecule has 1 amide bonds. The van der Waals surface area contributed by atoms with Crippen LogP contribution < -0.4 is 11.1 Å². The van der Waals surface area contributed by atoms with E-state index in [1.165, 1.54) is 0 Å². The molecule has 1 aliphatic heterocycles. The van der Waals surface area contributed by atoms with Gasteiger partial charge in [-0.05, 0) is 26.8 Å². The van der Waals surface area contributed by atoms with Crippen LogP contribution in [0, 0.1) is 0 Å². The summed E-state index contributed by atoms with van der Waals surface area (Å²) in [5, 5.41) is 11.3. The lowest BCUT2D eigenvalue weighted by atomic mass is 9.91. The van der Waals surface area contributed by atoms with Crippen molar-refractivity contribution in [3.63, 3.8) is 0 Å². The number of hydrogen-bond acceptors (Lipinski definition) is 5. The SMILES string of the molecule is CCNC(C)(CC(C)N1CCn2cnnc2C1)C(N)=O. The van der Waals surface area contributed by atoms with Crippen molar-refractivity contribution >= 4 is 5.91 Å². The van der Waals surface area contributed by atoms with Gasteiger partial charge in [-0.2, -0.15) is 0 Å². The van der Waals surface area contributed by atoms with E-state index in [0.29, 0.717) is 6.42 Å². The van der Waals surface area contributed by atoms with Gasteiger partial charge in [0, 0.05) is 19.1 Å². The Morgan fingerprint density at radius 2 is 2.35 bits per heavy atom. The zero-order valence-electron chi connectivity index (χ0n) is 12.5. The maximum absolute atomic E-state index is 11.7. The third-order valence-corrected chi connectivity index (χ3v) is 4.11. The van der Waals surface area contributed by atoms with E-state index in [0.717, 1.165) is 32.0 Å². The van der Waals surface area contributed by atoms with Gasteiger partial charge in [-0.1, -0.05) is 6.92 Å².